The van der Waals surface area contributed by atoms with Gasteiger partial charge in [-0.05, 0) is 79.1 Å². The summed E-state index contributed by atoms with van der Waals surface area (Å²) in [4.78, 5) is 12.0. The highest BCUT2D eigenvalue weighted by Gasteiger charge is 2.57. The van der Waals surface area contributed by atoms with E-state index in [0.29, 0.717) is 16.9 Å². The van der Waals surface area contributed by atoms with Crippen molar-refractivity contribution < 1.29 is 4.79 Å². The Balaban J connectivity index is 1.73. The van der Waals surface area contributed by atoms with E-state index in [1.807, 2.05) is 0 Å². The third-order valence-electron chi connectivity index (χ3n) is 8.01. The third kappa shape index (κ3) is 1.75. The van der Waals surface area contributed by atoms with Crippen LogP contribution in [0.5, 0.6) is 0 Å². The summed E-state index contributed by atoms with van der Waals surface area (Å²) in [6.45, 7) is 9.26. The van der Waals surface area contributed by atoms with Crippen LogP contribution in [0.15, 0.2) is 22.8 Å². The highest BCUT2D eigenvalue weighted by molar-refractivity contribution is 6.43. The molecule has 0 spiro atoms. The monoisotopic (exact) mass is 318 g/mol. The average molecular weight is 319 g/mol. The van der Waals surface area contributed by atoms with E-state index in [4.69, 9.17) is 11.6 Å². The molecule has 4 rings (SSSR count). The fourth-order valence-electron chi connectivity index (χ4n) is 6.56. The zero-order chi connectivity index (χ0) is 15.7. The van der Waals surface area contributed by atoms with E-state index in [2.05, 4.69) is 20.4 Å². The first-order chi connectivity index (χ1) is 10.4. The Labute approximate surface area is 139 Å². The number of carbonyl (C=O) groups is 1. The third-order valence-corrected chi connectivity index (χ3v) is 8.45. The molecule has 0 aromatic rings. The average Bonchev–Trinajstić information content (AvgIpc) is 2.79. The molecular formula is C20H27ClO. The maximum atomic E-state index is 12.0. The molecule has 3 fully saturated rings. The fourth-order valence-corrected chi connectivity index (χ4v) is 6.96. The molecule has 120 valence electrons. The Bertz CT molecular complexity index is 589. The minimum Gasteiger partial charge on any atom is -0.293 e. The molecule has 22 heavy (non-hydrogen) atoms. The van der Waals surface area contributed by atoms with Gasteiger partial charge in [0, 0.05) is 6.42 Å². The molecule has 0 bridgehead atoms. The molecule has 5 atom stereocenters. The molecule has 4 aliphatic carbocycles. The topological polar surface area (TPSA) is 17.1 Å². The van der Waals surface area contributed by atoms with Gasteiger partial charge in [0.2, 0.25) is 0 Å². The van der Waals surface area contributed by atoms with E-state index < -0.39 is 0 Å². The van der Waals surface area contributed by atoms with Gasteiger partial charge in [-0.1, -0.05) is 37.6 Å². The summed E-state index contributed by atoms with van der Waals surface area (Å²) in [6, 6.07) is 0. The molecule has 0 radical (unpaired) electrons. The first-order valence-corrected chi connectivity index (χ1v) is 9.36. The number of fused-ring (bicyclic) bond motifs is 5. The highest BCUT2D eigenvalue weighted by atomic mass is 35.5. The number of allylic oxidation sites excluding steroid dienone is 2. The Hall–Kier alpha value is -0.560. The molecular weight excluding hydrogens is 292 g/mol. The summed E-state index contributed by atoms with van der Waals surface area (Å²) in [5.41, 5.74) is 3.36. The Morgan fingerprint density at radius 3 is 2.50 bits per heavy atom. The molecule has 4 aliphatic rings. The lowest BCUT2D eigenvalue weighted by molar-refractivity contribution is -0.117. The molecule has 0 aliphatic heterocycles. The first-order valence-electron chi connectivity index (χ1n) is 8.98. The molecule has 0 unspecified atom stereocenters. The van der Waals surface area contributed by atoms with Gasteiger partial charge >= 0.3 is 0 Å². The molecule has 0 aromatic carbocycles. The number of halogens is 1. The molecule has 0 N–H and O–H groups in total. The van der Waals surface area contributed by atoms with Crippen molar-refractivity contribution in [1.82, 2.24) is 0 Å². The molecule has 1 nitrogen and oxygen atoms in total. The van der Waals surface area contributed by atoms with E-state index >= 15 is 0 Å². The molecule has 2 heteroatoms. The van der Waals surface area contributed by atoms with Gasteiger partial charge in [0.1, 0.15) is 0 Å². The van der Waals surface area contributed by atoms with Crippen molar-refractivity contribution in [2.24, 2.45) is 28.6 Å². The second kappa shape index (κ2) is 4.72. The number of hydrogen-bond acceptors (Lipinski definition) is 1. The summed E-state index contributed by atoms with van der Waals surface area (Å²) in [5, 5.41) is 0.594. The Morgan fingerprint density at radius 2 is 1.73 bits per heavy atom. The lowest BCUT2D eigenvalue weighted by Gasteiger charge is -2.57. The summed E-state index contributed by atoms with van der Waals surface area (Å²) < 4.78 is 0. The minimum absolute atomic E-state index is 0.180. The van der Waals surface area contributed by atoms with Crippen LogP contribution in [0.4, 0.5) is 0 Å². The maximum absolute atomic E-state index is 12.0. The lowest BCUT2D eigenvalue weighted by Crippen LogP contribution is -2.49. The van der Waals surface area contributed by atoms with Crippen LogP contribution in [0.1, 0.15) is 65.2 Å². The van der Waals surface area contributed by atoms with Crippen molar-refractivity contribution in [3.63, 3.8) is 0 Å². The Morgan fingerprint density at radius 1 is 1.00 bits per heavy atom. The normalized spacial score (nSPS) is 48.0. The van der Waals surface area contributed by atoms with Crippen molar-refractivity contribution in [2.45, 2.75) is 65.2 Å². The summed E-state index contributed by atoms with van der Waals surface area (Å²) >= 11 is 6.44. The molecule has 0 aromatic heterocycles. The lowest BCUT2D eigenvalue weighted by atomic mass is 9.47. The first kappa shape index (κ1) is 15.0. The molecule has 3 saturated carbocycles. The Kier molecular flexibility index (Phi) is 3.22. The van der Waals surface area contributed by atoms with Crippen LogP contribution in [0.25, 0.3) is 0 Å². The van der Waals surface area contributed by atoms with Gasteiger partial charge in [0.05, 0.1) is 5.03 Å². The summed E-state index contributed by atoms with van der Waals surface area (Å²) in [5.74, 6) is 2.53. The van der Waals surface area contributed by atoms with Crippen LogP contribution in [0, 0.1) is 28.6 Å². The predicted molar refractivity (Wildman–Crippen MR) is 90.6 cm³/mol. The van der Waals surface area contributed by atoms with Gasteiger partial charge in [0.25, 0.3) is 0 Å². The second-order valence-electron chi connectivity index (χ2n) is 8.65. The number of ketones is 1. The van der Waals surface area contributed by atoms with Crippen molar-refractivity contribution in [2.75, 3.05) is 0 Å². The van der Waals surface area contributed by atoms with Gasteiger partial charge in [0.15, 0.2) is 5.78 Å². The summed E-state index contributed by atoms with van der Waals surface area (Å²) in [6.07, 6.45) is 9.07. The largest absolute Gasteiger partial charge is 0.293 e. The van der Waals surface area contributed by atoms with E-state index in [-0.39, 0.29) is 11.2 Å². The van der Waals surface area contributed by atoms with E-state index in [0.717, 1.165) is 30.6 Å². The van der Waals surface area contributed by atoms with Crippen molar-refractivity contribution >= 4 is 17.4 Å². The molecule has 0 heterocycles. The zero-order valence-electron chi connectivity index (χ0n) is 13.9. The molecule has 0 saturated heterocycles. The van der Waals surface area contributed by atoms with Crippen LogP contribution >= 0.6 is 11.6 Å². The smallest absolute Gasteiger partial charge is 0.174 e. The SMILES string of the molecule is C=C1CC[C@H]2[C@@H]3CCC4=C(Cl)C(=O)CC[C@]4(C)[C@@H]3CC[C@]12C. The highest BCUT2D eigenvalue weighted by Crippen LogP contribution is 2.66. The van der Waals surface area contributed by atoms with Crippen molar-refractivity contribution in [3.8, 4) is 0 Å². The molecule has 0 amide bonds. The van der Waals surface area contributed by atoms with Crippen LogP contribution in [-0.2, 0) is 4.79 Å². The number of Topliss-reactive ketones (excluding diaryl/α,β-unsaturated/α-hetero) is 1. The second-order valence-corrected chi connectivity index (χ2v) is 9.03. The quantitative estimate of drug-likeness (QED) is 0.528. The van der Waals surface area contributed by atoms with Crippen molar-refractivity contribution in [3.05, 3.63) is 22.8 Å². The standard InChI is InChI=1S/C20H27ClO/c1-12-4-6-14-13-5-7-16-18(21)17(22)9-11-20(16,3)15(13)8-10-19(12,14)2/h13-15H,1,4-11H2,2-3H3/t13-,14-,15+,19+,20+/m0/s1. The van der Waals surface area contributed by atoms with Crippen LogP contribution in [0.2, 0.25) is 0 Å². The minimum atomic E-state index is 0.180. The van der Waals surface area contributed by atoms with E-state index in [9.17, 15) is 4.79 Å². The maximum Gasteiger partial charge on any atom is 0.174 e. The van der Waals surface area contributed by atoms with Gasteiger partial charge < -0.3 is 0 Å². The van der Waals surface area contributed by atoms with E-state index in [1.54, 1.807) is 0 Å². The number of rotatable bonds is 0. The van der Waals surface area contributed by atoms with Gasteiger partial charge in [-0.3, -0.25) is 4.79 Å². The fraction of sp³-hybridized carbons (Fsp3) is 0.750. The van der Waals surface area contributed by atoms with Crippen LogP contribution < -0.4 is 0 Å². The number of hydrogen-bond donors (Lipinski definition) is 0. The number of carbonyl (C=O) groups excluding carboxylic acids is 1. The van der Waals surface area contributed by atoms with Crippen LogP contribution in [-0.4, -0.2) is 5.78 Å². The zero-order valence-corrected chi connectivity index (χ0v) is 14.6. The predicted octanol–water partition coefficient (Wildman–Crippen LogP) is 5.64. The summed E-state index contributed by atoms with van der Waals surface area (Å²) in [7, 11) is 0. The van der Waals surface area contributed by atoms with E-state index in [1.165, 1.54) is 43.3 Å². The van der Waals surface area contributed by atoms with Gasteiger partial charge in [-0.25, -0.2) is 0 Å². The van der Waals surface area contributed by atoms with Gasteiger partial charge in [-0.15, -0.1) is 0 Å². The van der Waals surface area contributed by atoms with Gasteiger partial charge in [-0.2, -0.15) is 0 Å². The van der Waals surface area contributed by atoms with Crippen molar-refractivity contribution in [1.29, 1.82) is 0 Å². The van der Waals surface area contributed by atoms with Crippen LogP contribution in [0.3, 0.4) is 0 Å².